The average molecular weight is 578 g/mol. The molecule has 0 fully saturated rings. The van der Waals surface area contributed by atoms with Gasteiger partial charge in [-0.1, -0.05) is 41.1 Å². The van der Waals surface area contributed by atoms with Crippen molar-refractivity contribution >= 4 is 50.9 Å². The Morgan fingerprint density at radius 2 is 2.03 bits per heavy atom. The molecule has 0 saturated carbocycles. The van der Waals surface area contributed by atoms with E-state index in [1.54, 1.807) is 56.3 Å². The van der Waals surface area contributed by atoms with Crippen molar-refractivity contribution in [1.29, 1.82) is 0 Å². The third kappa shape index (κ3) is 4.80. The number of aromatic nitrogens is 1. The molecule has 10 heteroatoms. The van der Waals surface area contributed by atoms with Crippen molar-refractivity contribution in [3.05, 3.63) is 88.0 Å². The number of hydrogen-bond acceptors (Lipinski definition) is 7. The van der Waals surface area contributed by atoms with Crippen molar-refractivity contribution in [3.63, 3.8) is 0 Å². The van der Waals surface area contributed by atoms with E-state index in [2.05, 4.69) is 20.9 Å². The molecule has 3 aromatic rings. The number of carbonyl (C=O) groups is 1. The van der Waals surface area contributed by atoms with Crippen LogP contribution in [0.4, 0.5) is 0 Å². The van der Waals surface area contributed by atoms with Crippen LogP contribution in [0.15, 0.2) is 61.9 Å². The van der Waals surface area contributed by atoms with Gasteiger partial charge in [-0.05, 0) is 72.1 Å². The summed E-state index contributed by atoms with van der Waals surface area (Å²) in [5.74, 6) is -0.258. The molecular weight excluding hydrogens is 556 g/mol. The summed E-state index contributed by atoms with van der Waals surface area (Å²) in [5.41, 5.74) is 1.66. The minimum Gasteiger partial charge on any atom is -0.503 e. The van der Waals surface area contributed by atoms with Gasteiger partial charge in [-0.2, -0.15) is 0 Å². The molecule has 4 rings (SSSR count). The van der Waals surface area contributed by atoms with Crippen LogP contribution < -0.4 is 19.6 Å². The standard InChI is InChI=1S/C25H22BrClN2O5S/c1-4-33-18-11-14(10-16(26)22(18)30)12-19-23(31)29-21(15-8-6-7-9-17(15)27)20(24(32)34-5-2)13(3)28-25(29)35-19/h6-12,21,30H,4-5H2,1-3H3. The van der Waals surface area contributed by atoms with E-state index in [4.69, 9.17) is 21.1 Å². The van der Waals surface area contributed by atoms with Crippen LogP contribution in [0.5, 0.6) is 11.5 Å². The molecule has 2 heterocycles. The molecule has 1 aliphatic rings. The minimum absolute atomic E-state index is 0.0149. The Kier molecular flexibility index (Phi) is 7.49. The highest BCUT2D eigenvalue weighted by atomic mass is 79.9. The van der Waals surface area contributed by atoms with Gasteiger partial charge in [0.25, 0.3) is 5.56 Å². The lowest BCUT2D eigenvalue weighted by atomic mass is 9.96. The first-order valence-corrected chi connectivity index (χ1v) is 12.8. The van der Waals surface area contributed by atoms with Gasteiger partial charge in [-0.25, -0.2) is 9.79 Å². The second-order valence-electron chi connectivity index (χ2n) is 7.61. The number of rotatable bonds is 6. The van der Waals surface area contributed by atoms with Crippen LogP contribution in [-0.2, 0) is 9.53 Å². The molecule has 0 amide bonds. The molecule has 35 heavy (non-hydrogen) atoms. The van der Waals surface area contributed by atoms with Gasteiger partial charge >= 0.3 is 5.97 Å². The van der Waals surface area contributed by atoms with E-state index in [1.165, 1.54) is 15.9 Å². The Labute approximate surface area is 218 Å². The molecule has 1 unspecified atom stereocenters. The Morgan fingerprint density at radius 3 is 2.71 bits per heavy atom. The molecule has 0 radical (unpaired) electrons. The Morgan fingerprint density at radius 1 is 1.29 bits per heavy atom. The van der Waals surface area contributed by atoms with Crippen LogP contribution in [0.1, 0.15) is 37.9 Å². The lowest BCUT2D eigenvalue weighted by molar-refractivity contribution is -0.139. The number of phenolic OH excluding ortho intramolecular Hbond substituents is 1. The van der Waals surface area contributed by atoms with Crippen molar-refractivity contribution in [2.24, 2.45) is 4.99 Å². The van der Waals surface area contributed by atoms with Gasteiger partial charge in [0, 0.05) is 5.02 Å². The number of halogens is 2. The number of esters is 1. The normalized spacial score (nSPS) is 15.6. The lowest BCUT2D eigenvalue weighted by Crippen LogP contribution is -2.40. The quantitative estimate of drug-likeness (QED) is 0.441. The van der Waals surface area contributed by atoms with E-state index in [0.717, 1.165) is 0 Å². The summed E-state index contributed by atoms with van der Waals surface area (Å²) < 4.78 is 13.1. The zero-order valence-electron chi connectivity index (χ0n) is 19.2. The summed E-state index contributed by atoms with van der Waals surface area (Å²) in [7, 11) is 0. The van der Waals surface area contributed by atoms with E-state index in [1.807, 2.05) is 6.92 Å². The fraction of sp³-hybridized carbons (Fsp3) is 0.240. The third-order valence-electron chi connectivity index (χ3n) is 5.37. The molecule has 1 aliphatic heterocycles. The number of thiazole rings is 1. The number of ether oxygens (including phenoxy) is 2. The zero-order chi connectivity index (χ0) is 25.3. The fourth-order valence-corrected chi connectivity index (χ4v) is 5.62. The highest BCUT2D eigenvalue weighted by Gasteiger charge is 2.34. The van der Waals surface area contributed by atoms with E-state index in [0.29, 0.717) is 48.0 Å². The smallest absolute Gasteiger partial charge is 0.338 e. The van der Waals surface area contributed by atoms with Gasteiger partial charge in [-0.3, -0.25) is 9.36 Å². The number of hydrogen-bond donors (Lipinski definition) is 1. The molecule has 0 aliphatic carbocycles. The van der Waals surface area contributed by atoms with Crippen molar-refractivity contribution in [2.45, 2.75) is 26.8 Å². The maximum Gasteiger partial charge on any atom is 0.338 e. The second-order valence-corrected chi connectivity index (χ2v) is 9.88. The third-order valence-corrected chi connectivity index (χ3v) is 7.30. The number of aromatic hydroxyl groups is 1. The number of allylic oxidation sites excluding steroid dienone is 1. The summed E-state index contributed by atoms with van der Waals surface area (Å²) in [4.78, 5) is 31.6. The van der Waals surface area contributed by atoms with Crippen LogP contribution in [-0.4, -0.2) is 28.9 Å². The highest BCUT2D eigenvalue weighted by Crippen LogP contribution is 2.36. The summed E-state index contributed by atoms with van der Waals surface area (Å²) in [6.07, 6.45) is 1.70. The van der Waals surface area contributed by atoms with Crippen molar-refractivity contribution in [1.82, 2.24) is 4.57 Å². The maximum atomic E-state index is 13.7. The van der Waals surface area contributed by atoms with E-state index in [-0.39, 0.29) is 23.5 Å². The molecule has 1 N–H and O–H groups in total. The molecule has 0 saturated heterocycles. The predicted octanol–water partition coefficient (Wildman–Crippen LogP) is 4.32. The van der Waals surface area contributed by atoms with Crippen LogP contribution in [0.2, 0.25) is 5.02 Å². The Bertz CT molecular complexity index is 1530. The first-order chi connectivity index (χ1) is 16.8. The van der Waals surface area contributed by atoms with E-state index >= 15 is 0 Å². The number of nitrogens with zero attached hydrogens (tertiary/aromatic N) is 2. The molecule has 1 aromatic heterocycles. The number of phenols is 1. The van der Waals surface area contributed by atoms with E-state index in [9.17, 15) is 14.7 Å². The first kappa shape index (κ1) is 25.2. The Balaban J connectivity index is 1.96. The average Bonchev–Trinajstić information content (AvgIpc) is 3.11. The minimum atomic E-state index is -0.785. The highest BCUT2D eigenvalue weighted by molar-refractivity contribution is 9.10. The molecular formula is C25H22BrClN2O5S. The second kappa shape index (κ2) is 10.4. The van der Waals surface area contributed by atoms with Gasteiger partial charge in [0.05, 0.1) is 33.5 Å². The number of fused-ring (bicyclic) bond motifs is 1. The number of benzene rings is 2. The van der Waals surface area contributed by atoms with Crippen LogP contribution in [0.3, 0.4) is 0 Å². The monoisotopic (exact) mass is 576 g/mol. The van der Waals surface area contributed by atoms with Gasteiger partial charge in [-0.15, -0.1) is 0 Å². The molecule has 0 bridgehead atoms. The Hall–Kier alpha value is -2.88. The topological polar surface area (TPSA) is 90.1 Å². The fourth-order valence-electron chi connectivity index (χ4n) is 3.88. The summed E-state index contributed by atoms with van der Waals surface area (Å²) in [5, 5.41) is 10.6. The largest absolute Gasteiger partial charge is 0.503 e. The molecule has 182 valence electrons. The number of carbonyl (C=O) groups excluding carboxylic acids is 1. The zero-order valence-corrected chi connectivity index (χ0v) is 22.3. The molecule has 1 atom stereocenters. The van der Waals surface area contributed by atoms with Gasteiger partial charge in [0.15, 0.2) is 16.3 Å². The molecule has 2 aromatic carbocycles. The van der Waals surface area contributed by atoms with Gasteiger partial charge in [0.2, 0.25) is 0 Å². The van der Waals surface area contributed by atoms with Crippen molar-refractivity contribution < 1.29 is 19.4 Å². The van der Waals surface area contributed by atoms with Crippen molar-refractivity contribution in [2.75, 3.05) is 13.2 Å². The van der Waals surface area contributed by atoms with Crippen molar-refractivity contribution in [3.8, 4) is 11.5 Å². The van der Waals surface area contributed by atoms with Gasteiger partial charge < -0.3 is 14.6 Å². The summed E-state index contributed by atoms with van der Waals surface area (Å²) in [6, 6.07) is 9.65. The molecule has 0 spiro atoms. The maximum absolute atomic E-state index is 13.7. The first-order valence-electron chi connectivity index (χ1n) is 10.9. The SMILES string of the molecule is CCOC(=O)C1=C(C)N=c2sc(=Cc3cc(Br)c(O)c(OCC)c3)c(=O)n2C1c1ccccc1Cl. The summed E-state index contributed by atoms with van der Waals surface area (Å²) >= 11 is 11.0. The van der Waals surface area contributed by atoms with Crippen LogP contribution in [0.25, 0.3) is 6.08 Å². The predicted molar refractivity (Wildman–Crippen MR) is 139 cm³/mol. The van der Waals surface area contributed by atoms with Crippen LogP contribution in [0, 0.1) is 0 Å². The van der Waals surface area contributed by atoms with Crippen LogP contribution >= 0.6 is 38.9 Å². The molecule has 7 nitrogen and oxygen atoms in total. The van der Waals surface area contributed by atoms with E-state index < -0.39 is 12.0 Å². The lowest BCUT2D eigenvalue weighted by Gasteiger charge is -2.25. The summed E-state index contributed by atoms with van der Waals surface area (Å²) in [6.45, 7) is 5.82. The van der Waals surface area contributed by atoms with Gasteiger partial charge in [0.1, 0.15) is 6.04 Å².